The minimum atomic E-state index is 0.459. The molecule has 3 saturated carbocycles. The molecule has 1 heteroatoms. The van der Waals surface area contributed by atoms with Gasteiger partial charge in [-0.05, 0) is 105 Å². The summed E-state index contributed by atoms with van der Waals surface area (Å²) in [5.41, 5.74) is 2.62. The fraction of sp³-hybridized carbons (Fsp3) is 0.704. The molecule has 4 aliphatic rings. The molecular formula is C27H38O. The summed E-state index contributed by atoms with van der Waals surface area (Å²) >= 11 is 0. The van der Waals surface area contributed by atoms with E-state index in [1.54, 1.807) is 7.11 Å². The number of hydrogen-bond acceptors (Lipinski definition) is 1. The summed E-state index contributed by atoms with van der Waals surface area (Å²) in [5.74, 6) is 11.4. The van der Waals surface area contributed by atoms with Gasteiger partial charge in [0.25, 0.3) is 0 Å². The number of methoxy groups -OCH3 is 1. The van der Waals surface area contributed by atoms with E-state index >= 15 is 0 Å². The van der Waals surface area contributed by atoms with E-state index in [2.05, 4.69) is 63.8 Å². The van der Waals surface area contributed by atoms with Crippen LogP contribution in [0.2, 0.25) is 0 Å². The second kappa shape index (κ2) is 7.44. The SMILES string of the molecule is COC1=CCC(C2(C3CC3)CC2(C)C2CCC(C(C)=CC#CC(C)C)C2)C=C1. The summed E-state index contributed by atoms with van der Waals surface area (Å²) in [6.45, 7) is 9.28. The molecule has 0 saturated heterocycles. The average Bonchev–Trinajstić information content (AvgIpc) is 3.57. The third-order valence-corrected chi connectivity index (χ3v) is 8.52. The van der Waals surface area contributed by atoms with Crippen LogP contribution in [0.5, 0.6) is 0 Å². The molecule has 28 heavy (non-hydrogen) atoms. The van der Waals surface area contributed by atoms with Gasteiger partial charge in [0.15, 0.2) is 0 Å². The first-order chi connectivity index (χ1) is 13.4. The first kappa shape index (κ1) is 19.9. The third kappa shape index (κ3) is 3.38. The van der Waals surface area contributed by atoms with Crippen molar-refractivity contribution in [3.63, 3.8) is 0 Å². The van der Waals surface area contributed by atoms with Crippen molar-refractivity contribution in [1.82, 2.24) is 0 Å². The zero-order valence-electron chi connectivity index (χ0n) is 18.6. The van der Waals surface area contributed by atoms with Crippen molar-refractivity contribution in [2.24, 2.45) is 40.4 Å². The lowest BCUT2D eigenvalue weighted by molar-refractivity contribution is 0.172. The molecule has 1 nitrogen and oxygen atoms in total. The van der Waals surface area contributed by atoms with E-state index in [1.807, 2.05) is 0 Å². The molecule has 152 valence electrons. The van der Waals surface area contributed by atoms with Gasteiger partial charge in [-0.15, -0.1) is 0 Å². The van der Waals surface area contributed by atoms with Gasteiger partial charge in [0, 0.05) is 5.92 Å². The highest BCUT2D eigenvalue weighted by atomic mass is 16.5. The summed E-state index contributed by atoms with van der Waals surface area (Å²) in [7, 11) is 1.79. The van der Waals surface area contributed by atoms with E-state index in [9.17, 15) is 0 Å². The average molecular weight is 379 g/mol. The van der Waals surface area contributed by atoms with E-state index in [0.717, 1.165) is 29.4 Å². The Labute approximate surface area is 172 Å². The Morgan fingerprint density at radius 3 is 2.57 bits per heavy atom. The highest BCUT2D eigenvalue weighted by molar-refractivity contribution is 5.31. The van der Waals surface area contributed by atoms with Crippen LogP contribution in [0.25, 0.3) is 0 Å². The van der Waals surface area contributed by atoms with Crippen LogP contribution in [-0.4, -0.2) is 7.11 Å². The molecule has 0 N–H and O–H groups in total. The molecule has 0 amide bonds. The molecule has 0 spiro atoms. The molecule has 4 rings (SSSR count). The molecule has 0 aromatic carbocycles. The third-order valence-electron chi connectivity index (χ3n) is 8.52. The van der Waals surface area contributed by atoms with Crippen molar-refractivity contribution < 1.29 is 4.74 Å². The summed E-state index contributed by atoms with van der Waals surface area (Å²) in [5, 5.41) is 0. The number of ether oxygens (including phenoxy) is 1. The lowest BCUT2D eigenvalue weighted by Gasteiger charge is -2.34. The minimum absolute atomic E-state index is 0.459. The fourth-order valence-electron chi connectivity index (χ4n) is 6.70. The van der Waals surface area contributed by atoms with E-state index in [-0.39, 0.29) is 0 Å². The molecule has 0 radical (unpaired) electrons. The Kier molecular flexibility index (Phi) is 5.28. The van der Waals surface area contributed by atoms with Crippen LogP contribution in [0.4, 0.5) is 0 Å². The van der Waals surface area contributed by atoms with Crippen LogP contribution in [0.3, 0.4) is 0 Å². The molecule has 5 unspecified atom stereocenters. The van der Waals surface area contributed by atoms with Crippen LogP contribution in [0, 0.1) is 52.3 Å². The van der Waals surface area contributed by atoms with Crippen LogP contribution in [0.15, 0.2) is 35.6 Å². The maximum Gasteiger partial charge on any atom is 0.114 e. The number of allylic oxidation sites excluding steroid dienone is 5. The predicted molar refractivity (Wildman–Crippen MR) is 117 cm³/mol. The smallest absolute Gasteiger partial charge is 0.114 e. The van der Waals surface area contributed by atoms with Gasteiger partial charge in [-0.1, -0.05) is 44.3 Å². The monoisotopic (exact) mass is 378 g/mol. The zero-order chi connectivity index (χ0) is 19.9. The van der Waals surface area contributed by atoms with Crippen LogP contribution < -0.4 is 0 Å². The van der Waals surface area contributed by atoms with Crippen molar-refractivity contribution in [2.45, 2.75) is 72.6 Å². The van der Waals surface area contributed by atoms with E-state index in [4.69, 9.17) is 4.74 Å². The number of hydrogen-bond donors (Lipinski definition) is 0. The highest BCUT2D eigenvalue weighted by Gasteiger charge is 2.74. The quantitative estimate of drug-likeness (QED) is 0.472. The second-order valence-corrected chi connectivity index (χ2v) is 10.5. The zero-order valence-corrected chi connectivity index (χ0v) is 18.6. The van der Waals surface area contributed by atoms with Crippen molar-refractivity contribution >= 4 is 0 Å². The second-order valence-electron chi connectivity index (χ2n) is 10.5. The maximum absolute atomic E-state index is 5.44. The molecule has 5 atom stereocenters. The van der Waals surface area contributed by atoms with E-state index in [1.165, 1.54) is 50.5 Å². The lowest BCUT2D eigenvalue weighted by Crippen LogP contribution is -2.28. The predicted octanol–water partition coefficient (Wildman–Crippen LogP) is 6.92. The first-order valence-electron chi connectivity index (χ1n) is 11.5. The Bertz CT molecular complexity index is 753. The largest absolute Gasteiger partial charge is 0.497 e. The van der Waals surface area contributed by atoms with Crippen molar-refractivity contribution in [1.29, 1.82) is 0 Å². The van der Waals surface area contributed by atoms with Crippen molar-refractivity contribution in [2.75, 3.05) is 7.11 Å². The maximum atomic E-state index is 5.44. The summed E-state index contributed by atoms with van der Waals surface area (Å²) in [4.78, 5) is 0. The van der Waals surface area contributed by atoms with Crippen molar-refractivity contribution in [3.8, 4) is 11.8 Å². The fourth-order valence-corrected chi connectivity index (χ4v) is 6.70. The molecular weight excluding hydrogens is 340 g/mol. The van der Waals surface area contributed by atoms with Gasteiger partial charge in [-0.2, -0.15) is 0 Å². The van der Waals surface area contributed by atoms with Crippen LogP contribution >= 0.6 is 0 Å². The summed E-state index contributed by atoms with van der Waals surface area (Å²) < 4.78 is 5.44. The van der Waals surface area contributed by atoms with Gasteiger partial charge >= 0.3 is 0 Å². The highest BCUT2D eigenvalue weighted by Crippen LogP contribution is 2.81. The van der Waals surface area contributed by atoms with Crippen LogP contribution in [0.1, 0.15) is 72.6 Å². The van der Waals surface area contributed by atoms with Gasteiger partial charge in [0.1, 0.15) is 5.76 Å². The molecule has 4 aliphatic carbocycles. The molecule has 0 aromatic heterocycles. The summed E-state index contributed by atoms with van der Waals surface area (Å²) in [6, 6.07) is 0. The molecule has 0 bridgehead atoms. The normalized spacial score (nSPS) is 40.1. The summed E-state index contributed by atoms with van der Waals surface area (Å²) in [6.07, 6.45) is 18.9. The Balaban J connectivity index is 1.46. The standard InChI is InChI=1S/C27H38O/c1-19(2)7-6-8-20(3)21-9-10-24(17-21)26(4)18-27(26,22-11-12-22)23-13-15-25(28-5)16-14-23/h8,13,15-16,19,21-24H,9-12,14,17-18H2,1-5H3. The Morgan fingerprint density at radius 1 is 1.21 bits per heavy atom. The van der Waals surface area contributed by atoms with E-state index in [0.29, 0.717) is 16.7 Å². The topological polar surface area (TPSA) is 9.23 Å². The van der Waals surface area contributed by atoms with Gasteiger partial charge in [-0.3, -0.25) is 0 Å². The van der Waals surface area contributed by atoms with Crippen LogP contribution in [-0.2, 0) is 4.74 Å². The molecule has 3 fully saturated rings. The van der Waals surface area contributed by atoms with Gasteiger partial charge in [0.05, 0.1) is 7.11 Å². The molecule has 0 aliphatic heterocycles. The molecule has 0 heterocycles. The van der Waals surface area contributed by atoms with Crippen molar-refractivity contribution in [3.05, 3.63) is 35.6 Å². The van der Waals surface area contributed by atoms with Gasteiger partial charge < -0.3 is 4.74 Å². The number of rotatable bonds is 5. The molecule has 0 aromatic rings. The lowest BCUT2D eigenvalue weighted by atomic mass is 9.70. The minimum Gasteiger partial charge on any atom is -0.497 e. The van der Waals surface area contributed by atoms with E-state index < -0.39 is 0 Å². The Hall–Kier alpha value is -1.42. The first-order valence-corrected chi connectivity index (χ1v) is 11.5. The Morgan fingerprint density at radius 2 is 1.96 bits per heavy atom. The van der Waals surface area contributed by atoms with Gasteiger partial charge in [0.2, 0.25) is 0 Å². The van der Waals surface area contributed by atoms with Gasteiger partial charge in [-0.25, -0.2) is 0 Å².